The van der Waals surface area contributed by atoms with E-state index >= 15 is 0 Å². The number of carbonyl (C=O) groups excluding carboxylic acids is 1. The third-order valence-electron chi connectivity index (χ3n) is 1.74. The molecular weight excluding hydrogens is 135 g/mol. The normalized spacial score (nSPS) is 27.4. The van der Waals surface area contributed by atoms with Gasteiger partial charge in [0.15, 0.2) is 5.78 Å². The molecule has 0 aromatic rings. The highest BCUT2D eigenvalue weighted by atomic mass is 19.1. The molecule has 0 aliphatic heterocycles. The van der Waals surface area contributed by atoms with E-state index in [1.807, 2.05) is 0 Å². The average molecular weight is 144 g/mol. The molecule has 1 aliphatic rings. The van der Waals surface area contributed by atoms with Gasteiger partial charge in [-0.15, -0.1) is 0 Å². The molecule has 1 unspecified atom stereocenters. The number of Topliss-reactive ketones (excluding diaryl/α,β-unsaturated/α-hetero) is 1. The Morgan fingerprint density at radius 2 is 2.30 bits per heavy atom. The number of halogens is 1. The predicted octanol–water partition coefficient (Wildman–Crippen LogP) is 1.72. The van der Waals surface area contributed by atoms with Crippen molar-refractivity contribution in [1.82, 2.24) is 0 Å². The van der Waals surface area contributed by atoms with E-state index in [0.29, 0.717) is 6.42 Å². The highest BCUT2D eigenvalue weighted by molar-refractivity contribution is 5.94. The minimum Gasteiger partial charge on any atom is -0.509 e. The fourth-order valence-electron chi connectivity index (χ4n) is 0.953. The van der Waals surface area contributed by atoms with Crippen LogP contribution < -0.4 is 0 Å². The van der Waals surface area contributed by atoms with E-state index in [4.69, 9.17) is 5.11 Å². The molecule has 0 heterocycles. The van der Waals surface area contributed by atoms with Crippen molar-refractivity contribution in [2.45, 2.75) is 19.8 Å². The van der Waals surface area contributed by atoms with Gasteiger partial charge in [0.1, 0.15) is 5.76 Å². The van der Waals surface area contributed by atoms with Crippen molar-refractivity contribution in [2.24, 2.45) is 5.92 Å². The van der Waals surface area contributed by atoms with Gasteiger partial charge in [0.25, 0.3) is 0 Å². The Kier molecular flexibility index (Phi) is 1.74. The highest BCUT2D eigenvalue weighted by Gasteiger charge is 2.25. The maximum absolute atomic E-state index is 12.5. The topological polar surface area (TPSA) is 37.3 Å². The molecule has 0 aromatic carbocycles. The van der Waals surface area contributed by atoms with Crippen molar-refractivity contribution in [3.8, 4) is 0 Å². The van der Waals surface area contributed by atoms with Crippen LogP contribution in [0.25, 0.3) is 0 Å². The van der Waals surface area contributed by atoms with Crippen LogP contribution in [0, 0.1) is 5.92 Å². The van der Waals surface area contributed by atoms with Crippen LogP contribution in [0.3, 0.4) is 0 Å². The van der Waals surface area contributed by atoms with Gasteiger partial charge in [0.05, 0.1) is 0 Å². The molecule has 0 fully saturated rings. The number of carbonyl (C=O) groups is 1. The lowest BCUT2D eigenvalue weighted by Gasteiger charge is -2.15. The monoisotopic (exact) mass is 144 g/mol. The Bertz CT molecular complexity index is 196. The van der Waals surface area contributed by atoms with Gasteiger partial charge in [-0.2, -0.15) is 4.39 Å². The first kappa shape index (κ1) is 7.25. The van der Waals surface area contributed by atoms with Crippen molar-refractivity contribution in [1.29, 1.82) is 0 Å². The molecule has 2 nitrogen and oxygen atoms in total. The summed E-state index contributed by atoms with van der Waals surface area (Å²) in [5, 5.41) is 8.90. The second kappa shape index (κ2) is 2.40. The number of allylic oxidation sites excluding steroid dienone is 2. The molecule has 1 N–H and O–H groups in total. The molecule has 3 heteroatoms. The number of aliphatic hydroxyl groups is 1. The fourth-order valence-corrected chi connectivity index (χ4v) is 0.953. The van der Waals surface area contributed by atoms with Gasteiger partial charge in [0.2, 0.25) is 5.83 Å². The van der Waals surface area contributed by atoms with E-state index in [1.165, 1.54) is 0 Å². The maximum atomic E-state index is 12.5. The van der Waals surface area contributed by atoms with Crippen molar-refractivity contribution < 1.29 is 14.3 Å². The molecule has 56 valence electrons. The van der Waals surface area contributed by atoms with Gasteiger partial charge in [-0.1, -0.05) is 6.92 Å². The van der Waals surface area contributed by atoms with Crippen LogP contribution in [0.1, 0.15) is 19.8 Å². The van der Waals surface area contributed by atoms with Crippen LogP contribution in [0.2, 0.25) is 0 Å². The van der Waals surface area contributed by atoms with E-state index in [0.717, 1.165) is 0 Å². The van der Waals surface area contributed by atoms with Crippen molar-refractivity contribution in [2.75, 3.05) is 0 Å². The minimum absolute atomic E-state index is 0.197. The first-order valence-electron chi connectivity index (χ1n) is 3.24. The summed E-state index contributed by atoms with van der Waals surface area (Å²) >= 11 is 0. The SMILES string of the molecule is CC1CCC(=O)C(F)=C1O. The largest absolute Gasteiger partial charge is 0.509 e. The number of rotatable bonds is 0. The second-order valence-electron chi connectivity index (χ2n) is 2.56. The number of hydrogen-bond donors (Lipinski definition) is 1. The Morgan fingerprint density at radius 3 is 2.80 bits per heavy atom. The molecule has 1 rings (SSSR count). The lowest BCUT2D eigenvalue weighted by atomic mass is 9.94. The number of aliphatic hydroxyl groups excluding tert-OH is 1. The summed E-state index contributed by atoms with van der Waals surface area (Å²) < 4.78 is 12.5. The van der Waals surface area contributed by atoms with Crippen molar-refractivity contribution in [3.63, 3.8) is 0 Å². The summed E-state index contributed by atoms with van der Waals surface area (Å²) in [6.07, 6.45) is 0.773. The standard InChI is InChI=1S/C7H9FO2/c1-4-2-3-5(9)6(8)7(4)10/h4,10H,2-3H2,1H3. The Morgan fingerprint density at radius 1 is 1.70 bits per heavy atom. The van der Waals surface area contributed by atoms with E-state index < -0.39 is 11.6 Å². The maximum Gasteiger partial charge on any atom is 0.203 e. The zero-order chi connectivity index (χ0) is 7.72. The highest BCUT2D eigenvalue weighted by Crippen LogP contribution is 2.25. The average Bonchev–Trinajstić information content (AvgIpc) is 1.93. The summed E-state index contributed by atoms with van der Waals surface area (Å²) in [7, 11) is 0. The molecule has 1 aliphatic carbocycles. The molecule has 0 amide bonds. The van der Waals surface area contributed by atoms with Crippen molar-refractivity contribution in [3.05, 3.63) is 11.6 Å². The van der Waals surface area contributed by atoms with Gasteiger partial charge in [0, 0.05) is 12.3 Å². The lowest BCUT2D eigenvalue weighted by Crippen LogP contribution is -2.14. The zero-order valence-corrected chi connectivity index (χ0v) is 5.72. The van der Waals surface area contributed by atoms with Crippen LogP contribution in [0.5, 0.6) is 0 Å². The minimum atomic E-state index is -0.946. The van der Waals surface area contributed by atoms with Crippen LogP contribution in [-0.2, 0) is 4.79 Å². The molecule has 1 atom stereocenters. The van der Waals surface area contributed by atoms with Gasteiger partial charge in [-0.05, 0) is 6.42 Å². The van der Waals surface area contributed by atoms with Crippen LogP contribution in [0.4, 0.5) is 4.39 Å². The second-order valence-corrected chi connectivity index (χ2v) is 2.56. The van der Waals surface area contributed by atoms with Crippen molar-refractivity contribution >= 4 is 5.78 Å². The predicted molar refractivity (Wildman–Crippen MR) is 34.2 cm³/mol. The smallest absolute Gasteiger partial charge is 0.203 e. The van der Waals surface area contributed by atoms with Crippen LogP contribution in [-0.4, -0.2) is 10.9 Å². The summed E-state index contributed by atoms with van der Waals surface area (Å²) in [5.74, 6) is -2.09. The summed E-state index contributed by atoms with van der Waals surface area (Å²) in [6, 6.07) is 0. The van der Waals surface area contributed by atoms with Crippen LogP contribution >= 0.6 is 0 Å². The Labute approximate surface area is 58.4 Å². The molecule has 0 saturated carbocycles. The van der Waals surface area contributed by atoms with Gasteiger partial charge in [-0.3, -0.25) is 4.79 Å². The first-order chi connectivity index (χ1) is 4.63. The van der Waals surface area contributed by atoms with Gasteiger partial charge >= 0.3 is 0 Å². The third-order valence-corrected chi connectivity index (χ3v) is 1.74. The zero-order valence-electron chi connectivity index (χ0n) is 5.72. The Hall–Kier alpha value is -0.860. The van der Waals surface area contributed by atoms with E-state index in [1.54, 1.807) is 6.92 Å². The fraction of sp³-hybridized carbons (Fsp3) is 0.571. The van der Waals surface area contributed by atoms with E-state index in [9.17, 15) is 9.18 Å². The summed E-state index contributed by atoms with van der Waals surface area (Å²) in [4.78, 5) is 10.6. The molecule has 0 aromatic heterocycles. The quantitative estimate of drug-likeness (QED) is 0.562. The molecular formula is C7H9FO2. The number of ketones is 1. The third kappa shape index (κ3) is 1.03. The summed E-state index contributed by atoms with van der Waals surface area (Å²) in [5.41, 5.74) is 0. The summed E-state index contributed by atoms with van der Waals surface area (Å²) in [6.45, 7) is 1.70. The van der Waals surface area contributed by atoms with Gasteiger partial charge < -0.3 is 5.11 Å². The lowest BCUT2D eigenvalue weighted by molar-refractivity contribution is -0.118. The molecule has 10 heavy (non-hydrogen) atoms. The van der Waals surface area contributed by atoms with E-state index in [2.05, 4.69) is 0 Å². The first-order valence-corrected chi connectivity index (χ1v) is 3.24. The number of hydrogen-bond acceptors (Lipinski definition) is 2. The molecule has 0 spiro atoms. The molecule has 0 saturated heterocycles. The van der Waals surface area contributed by atoms with Crippen LogP contribution in [0.15, 0.2) is 11.6 Å². The van der Waals surface area contributed by atoms with Gasteiger partial charge in [-0.25, -0.2) is 0 Å². The molecule has 0 bridgehead atoms. The Balaban J connectivity index is 2.92. The molecule has 0 radical (unpaired) electrons. The van der Waals surface area contributed by atoms with E-state index in [-0.39, 0.29) is 18.1 Å².